The maximum absolute atomic E-state index is 12.2. The molecule has 4 nitrogen and oxygen atoms in total. The van der Waals surface area contributed by atoms with Crippen molar-refractivity contribution in [3.63, 3.8) is 0 Å². The van der Waals surface area contributed by atoms with Gasteiger partial charge in [-0.2, -0.15) is 0 Å². The Bertz CT molecular complexity index is 490. The Morgan fingerprint density at radius 1 is 1.38 bits per heavy atom. The van der Waals surface area contributed by atoms with E-state index in [2.05, 4.69) is 17.6 Å². The third kappa shape index (κ3) is 4.77. The lowest BCUT2D eigenvalue weighted by molar-refractivity contribution is -0.128. The molecule has 1 fully saturated rings. The van der Waals surface area contributed by atoms with E-state index >= 15 is 0 Å². The summed E-state index contributed by atoms with van der Waals surface area (Å²) in [6, 6.07) is 5.04. The van der Waals surface area contributed by atoms with Crippen LogP contribution < -0.4 is 15.4 Å². The zero-order valence-electron chi connectivity index (χ0n) is 12.2. The molecule has 1 saturated heterocycles. The average molecular weight is 331 g/mol. The second-order valence-corrected chi connectivity index (χ2v) is 6.32. The Kier molecular flexibility index (Phi) is 5.73. The van der Waals surface area contributed by atoms with E-state index < -0.39 is 6.10 Å². The van der Waals surface area contributed by atoms with Crippen LogP contribution in [0.4, 0.5) is 0 Å². The number of piperidine rings is 1. The number of rotatable bonds is 4. The van der Waals surface area contributed by atoms with E-state index in [9.17, 15) is 4.79 Å². The van der Waals surface area contributed by atoms with Crippen molar-refractivity contribution in [2.75, 3.05) is 13.1 Å². The molecule has 2 N–H and O–H groups in total. The van der Waals surface area contributed by atoms with Gasteiger partial charge in [0.25, 0.3) is 5.91 Å². The lowest BCUT2D eigenvalue weighted by Gasteiger charge is -2.31. The molecule has 1 amide bonds. The molecule has 2 rings (SSSR count). The van der Waals surface area contributed by atoms with Gasteiger partial charge in [0.15, 0.2) is 6.10 Å². The number of amides is 1. The highest BCUT2D eigenvalue weighted by Gasteiger charge is 2.25. The Labute approximate surface area is 135 Å². The molecule has 0 aromatic heterocycles. The SMILES string of the molecule is CC(Oc1cc(Cl)cc(Cl)c1)C(=O)NC1CNCCC1C. The standard InChI is InChI=1S/C15H20Cl2N2O2/c1-9-3-4-18-8-14(9)19-15(20)10(2)21-13-6-11(16)5-12(17)7-13/h5-7,9-10,14,18H,3-4,8H2,1-2H3,(H,19,20). The topological polar surface area (TPSA) is 50.4 Å². The maximum atomic E-state index is 12.2. The van der Waals surface area contributed by atoms with Crippen LogP contribution in [0.3, 0.4) is 0 Å². The molecule has 1 aromatic rings. The molecular weight excluding hydrogens is 311 g/mol. The van der Waals surface area contributed by atoms with Crippen molar-refractivity contribution in [3.05, 3.63) is 28.2 Å². The normalized spacial score (nSPS) is 23.4. The van der Waals surface area contributed by atoms with Gasteiger partial charge in [0.2, 0.25) is 0 Å². The first-order valence-corrected chi connectivity index (χ1v) is 7.85. The van der Waals surface area contributed by atoms with Gasteiger partial charge in [-0.15, -0.1) is 0 Å². The van der Waals surface area contributed by atoms with Crippen LogP contribution in [0.1, 0.15) is 20.3 Å². The van der Waals surface area contributed by atoms with Gasteiger partial charge in [0.1, 0.15) is 5.75 Å². The van der Waals surface area contributed by atoms with Gasteiger partial charge in [-0.25, -0.2) is 0 Å². The third-order valence-electron chi connectivity index (χ3n) is 3.67. The molecule has 0 bridgehead atoms. The minimum atomic E-state index is -0.603. The summed E-state index contributed by atoms with van der Waals surface area (Å²) in [5.74, 6) is 0.819. The predicted molar refractivity (Wildman–Crippen MR) is 85.1 cm³/mol. The zero-order chi connectivity index (χ0) is 15.4. The summed E-state index contributed by atoms with van der Waals surface area (Å²) in [5.41, 5.74) is 0. The predicted octanol–water partition coefficient (Wildman–Crippen LogP) is 2.87. The van der Waals surface area contributed by atoms with E-state index in [1.807, 2.05) is 0 Å². The number of halogens is 2. The fourth-order valence-electron chi connectivity index (χ4n) is 2.34. The number of carbonyl (C=O) groups is 1. The highest BCUT2D eigenvalue weighted by Crippen LogP contribution is 2.25. The minimum absolute atomic E-state index is 0.133. The van der Waals surface area contributed by atoms with Gasteiger partial charge < -0.3 is 15.4 Å². The van der Waals surface area contributed by atoms with Crippen LogP contribution in [0.5, 0.6) is 5.75 Å². The summed E-state index contributed by atoms with van der Waals surface area (Å²) in [4.78, 5) is 12.2. The second-order valence-electron chi connectivity index (χ2n) is 5.45. The van der Waals surface area contributed by atoms with Crippen LogP contribution in [0.25, 0.3) is 0 Å². The van der Waals surface area contributed by atoms with Crippen molar-refractivity contribution in [2.24, 2.45) is 5.92 Å². The van der Waals surface area contributed by atoms with Crippen LogP contribution in [-0.2, 0) is 4.79 Å². The molecule has 1 heterocycles. The largest absolute Gasteiger partial charge is 0.481 e. The molecule has 21 heavy (non-hydrogen) atoms. The van der Waals surface area contributed by atoms with Gasteiger partial charge in [-0.3, -0.25) is 4.79 Å². The average Bonchev–Trinajstić information content (AvgIpc) is 2.40. The fourth-order valence-corrected chi connectivity index (χ4v) is 2.84. The minimum Gasteiger partial charge on any atom is -0.481 e. The van der Waals surface area contributed by atoms with E-state index in [-0.39, 0.29) is 11.9 Å². The molecule has 1 aliphatic rings. The molecule has 1 aromatic carbocycles. The number of benzene rings is 1. The van der Waals surface area contributed by atoms with E-state index in [4.69, 9.17) is 27.9 Å². The first-order valence-electron chi connectivity index (χ1n) is 7.09. The molecule has 0 radical (unpaired) electrons. The zero-order valence-corrected chi connectivity index (χ0v) is 13.7. The summed E-state index contributed by atoms with van der Waals surface area (Å²) < 4.78 is 5.61. The molecular formula is C15H20Cl2N2O2. The first-order chi connectivity index (χ1) is 9.95. The van der Waals surface area contributed by atoms with E-state index in [0.717, 1.165) is 19.5 Å². The monoisotopic (exact) mass is 330 g/mol. The fraction of sp³-hybridized carbons (Fsp3) is 0.533. The molecule has 0 aliphatic carbocycles. The van der Waals surface area contributed by atoms with Crippen molar-refractivity contribution in [1.82, 2.24) is 10.6 Å². The third-order valence-corrected chi connectivity index (χ3v) is 4.11. The van der Waals surface area contributed by atoms with Crippen LogP contribution in [0, 0.1) is 5.92 Å². The second kappa shape index (κ2) is 7.34. The Morgan fingerprint density at radius 3 is 2.67 bits per heavy atom. The molecule has 1 aliphatic heterocycles. The van der Waals surface area contributed by atoms with Crippen molar-refractivity contribution in [2.45, 2.75) is 32.4 Å². The quantitative estimate of drug-likeness (QED) is 0.892. The molecule has 6 heteroatoms. The number of hydrogen-bond acceptors (Lipinski definition) is 3. The summed E-state index contributed by atoms with van der Waals surface area (Å²) in [7, 11) is 0. The number of nitrogens with one attached hydrogen (secondary N) is 2. The van der Waals surface area contributed by atoms with E-state index in [0.29, 0.717) is 21.7 Å². The summed E-state index contributed by atoms with van der Waals surface area (Å²) in [5, 5.41) is 7.27. The summed E-state index contributed by atoms with van der Waals surface area (Å²) >= 11 is 11.8. The number of hydrogen-bond donors (Lipinski definition) is 2. The molecule has 0 spiro atoms. The van der Waals surface area contributed by atoms with Gasteiger partial charge in [-0.05, 0) is 44.0 Å². The van der Waals surface area contributed by atoms with Crippen LogP contribution >= 0.6 is 23.2 Å². The van der Waals surface area contributed by atoms with Crippen molar-refractivity contribution >= 4 is 29.1 Å². The Morgan fingerprint density at radius 2 is 2.05 bits per heavy atom. The number of ether oxygens (including phenoxy) is 1. The van der Waals surface area contributed by atoms with Crippen LogP contribution in [-0.4, -0.2) is 31.1 Å². The van der Waals surface area contributed by atoms with E-state index in [1.165, 1.54) is 0 Å². The summed E-state index contributed by atoms with van der Waals surface area (Å²) in [6.45, 7) is 5.66. The maximum Gasteiger partial charge on any atom is 0.261 e. The van der Waals surface area contributed by atoms with Gasteiger partial charge in [0, 0.05) is 22.6 Å². The van der Waals surface area contributed by atoms with Crippen LogP contribution in [0.2, 0.25) is 10.0 Å². The van der Waals surface area contributed by atoms with E-state index in [1.54, 1.807) is 25.1 Å². The van der Waals surface area contributed by atoms with Gasteiger partial charge in [0.05, 0.1) is 0 Å². The molecule has 0 saturated carbocycles. The Hall–Kier alpha value is -0.970. The number of carbonyl (C=O) groups excluding carboxylic acids is 1. The highest BCUT2D eigenvalue weighted by atomic mass is 35.5. The smallest absolute Gasteiger partial charge is 0.261 e. The van der Waals surface area contributed by atoms with Crippen molar-refractivity contribution in [3.8, 4) is 5.75 Å². The highest BCUT2D eigenvalue weighted by molar-refractivity contribution is 6.34. The van der Waals surface area contributed by atoms with Gasteiger partial charge in [-0.1, -0.05) is 30.1 Å². The molecule has 3 unspecified atom stereocenters. The first kappa shape index (κ1) is 16.4. The molecule has 116 valence electrons. The van der Waals surface area contributed by atoms with Crippen LogP contribution in [0.15, 0.2) is 18.2 Å². The van der Waals surface area contributed by atoms with Crippen molar-refractivity contribution in [1.29, 1.82) is 0 Å². The lowest BCUT2D eigenvalue weighted by atomic mass is 9.95. The molecule has 3 atom stereocenters. The lowest BCUT2D eigenvalue weighted by Crippen LogP contribution is -2.52. The summed E-state index contributed by atoms with van der Waals surface area (Å²) in [6.07, 6.45) is 0.457. The van der Waals surface area contributed by atoms with Gasteiger partial charge >= 0.3 is 0 Å². The van der Waals surface area contributed by atoms with Crippen molar-refractivity contribution < 1.29 is 9.53 Å². The Balaban J connectivity index is 1.92.